The second-order valence-electron chi connectivity index (χ2n) is 5.62. The minimum atomic E-state index is -0.138. The highest BCUT2D eigenvalue weighted by atomic mass is 16.2. The molecule has 1 aliphatic heterocycles. The van der Waals surface area contributed by atoms with Gasteiger partial charge in [0, 0.05) is 6.54 Å². The van der Waals surface area contributed by atoms with Crippen LogP contribution in [0.25, 0.3) is 0 Å². The van der Waals surface area contributed by atoms with Crippen LogP contribution < -0.4 is 5.32 Å². The van der Waals surface area contributed by atoms with E-state index in [1.165, 1.54) is 12.8 Å². The van der Waals surface area contributed by atoms with E-state index in [-0.39, 0.29) is 11.7 Å². The van der Waals surface area contributed by atoms with Gasteiger partial charge in [-0.15, -0.1) is 0 Å². The average molecular weight is 224 g/mol. The third kappa shape index (κ3) is 1.97. The van der Waals surface area contributed by atoms with E-state index in [9.17, 15) is 4.79 Å². The van der Waals surface area contributed by atoms with E-state index in [2.05, 4.69) is 31.0 Å². The van der Waals surface area contributed by atoms with E-state index in [1.54, 1.807) is 0 Å². The van der Waals surface area contributed by atoms with Crippen LogP contribution in [0.4, 0.5) is 0 Å². The van der Waals surface area contributed by atoms with Gasteiger partial charge in [-0.25, -0.2) is 0 Å². The summed E-state index contributed by atoms with van der Waals surface area (Å²) in [6, 6.07) is 0. The second-order valence-corrected chi connectivity index (χ2v) is 5.62. The third-order valence-corrected chi connectivity index (χ3v) is 3.81. The molecule has 92 valence electrons. The summed E-state index contributed by atoms with van der Waals surface area (Å²) in [5.74, 6) is 0.868. The van der Waals surface area contributed by atoms with Gasteiger partial charge in [-0.3, -0.25) is 10.1 Å². The monoisotopic (exact) mass is 224 g/mol. The number of rotatable bonds is 5. The predicted octanol–water partition coefficient (Wildman–Crippen LogP) is 2.12. The smallest absolute Gasteiger partial charge is 0.244 e. The molecule has 2 rings (SSSR count). The number of carbonyl (C=O) groups excluding carboxylic acids is 1. The Hall–Kier alpha value is -0.570. The highest BCUT2D eigenvalue weighted by Crippen LogP contribution is 2.43. The molecule has 1 aliphatic carbocycles. The van der Waals surface area contributed by atoms with Gasteiger partial charge in [0.1, 0.15) is 0 Å². The van der Waals surface area contributed by atoms with Gasteiger partial charge in [0.25, 0.3) is 0 Å². The van der Waals surface area contributed by atoms with Gasteiger partial charge in [-0.2, -0.15) is 0 Å². The van der Waals surface area contributed by atoms with Gasteiger partial charge < -0.3 is 4.90 Å². The Kier molecular flexibility index (Phi) is 3.24. The molecule has 1 heterocycles. The molecular formula is C13H24N2O. The number of nitrogens with zero attached hydrogens (tertiary/aromatic N) is 1. The number of nitrogens with one attached hydrogen (secondary N) is 1. The van der Waals surface area contributed by atoms with Gasteiger partial charge in [0.2, 0.25) is 5.91 Å². The topological polar surface area (TPSA) is 32.3 Å². The van der Waals surface area contributed by atoms with Crippen molar-refractivity contribution < 1.29 is 4.79 Å². The molecule has 2 fully saturated rings. The SMILES string of the molecule is CCCCCN1C(=O)C2(CC2)NC1C(C)C. The maximum atomic E-state index is 12.3. The molecule has 16 heavy (non-hydrogen) atoms. The van der Waals surface area contributed by atoms with Crippen LogP contribution >= 0.6 is 0 Å². The summed E-state index contributed by atoms with van der Waals surface area (Å²) in [6.45, 7) is 7.52. The fraction of sp³-hybridized carbons (Fsp3) is 0.923. The summed E-state index contributed by atoms with van der Waals surface area (Å²) in [6.07, 6.45) is 5.93. The normalized spacial score (nSPS) is 27.1. The van der Waals surface area contributed by atoms with E-state index in [0.717, 1.165) is 25.8 Å². The van der Waals surface area contributed by atoms with E-state index in [1.807, 2.05) is 0 Å². The molecule has 0 radical (unpaired) electrons. The highest BCUT2D eigenvalue weighted by Gasteiger charge is 2.59. The molecular weight excluding hydrogens is 200 g/mol. The Balaban J connectivity index is 1.98. The molecule has 3 heteroatoms. The Morgan fingerprint density at radius 1 is 1.44 bits per heavy atom. The van der Waals surface area contributed by atoms with Crippen LogP contribution in [-0.2, 0) is 4.79 Å². The first-order valence-electron chi connectivity index (χ1n) is 6.69. The van der Waals surface area contributed by atoms with Crippen molar-refractivity contribution >= 4 is 5.91 Å². The lowest BCUT2D eigenvalue weighted by Gasteiger charge is -2.27. The van der Waals surface area contributed by atoms with Gasteiger partial charge in [0.05, 0.1) is 11.7 Å². The maximum absolute atomic E-state index is 12.3. The van der Waals surface area contributed by atoms with Crippen molar-refractivity contribution in [3.05, 3.63) is 0 Å². The van der Waals surface area contributed by atoms with Gasteiger partial charge in [-0.1, -0.05) is 33.6 Å². The van der Waals surface area contributed by atoms with Gasteiger partial charge in [-0.05, 0) is 25.2 Å². The fourth-order valence-electron chi connectivity index (χ4n) is 2.61. The molecule has 0 aromatic carbocycles. The number of carbonyl (C=O) groups is 1. The Bertz CT molecular complexity index is 271. The first-order valence-corrected chi connectivity index (χ1v) is 6.69. The lowest BCUT2D eigenvalue weighted by Crippen LogP contribution is -2.42. The number of unbranched alkanes of at least 4 members (excludes halogenated alkanes) is 2. The average Bonchev–Trinajstić information content (AvgIpc) is 2.96. The van der Waals surface area contributed by atoms with Crippen LogP contribution in [-0.4, -0.2) is 29.1 Å². The molecule has 1 unspecified atom stereocenters. The molecule has 3 nitrogen and oxygen atoms in total. The fourth-order valence-corrected chi connectivity index (χ4v) is 2.61. The van der Waals surface area contributed by atoms with Gasteiger partial charge in [0.15, 0.2) is 0 Å². The standard InChI is InChI=1S/C13H24N2O/c1-4-5-6-9-15-11(10(2)3)14-13(7-8-13)12(15)16/h10-11,14H,4-9H2,1-3H3. The van der Waals surface area contributed by atoms with Crippen molar-refractivity contribution in [1.82, 2.24) is 10.2 Å². The lowest BCUT2D eigenvalue weighted by molar-refractivity contribution is -0.131. The molecule has 1 saturated heterocycles. The first-order chi connectivity index (χ1) is 7.60. The summed E-state index contributed by atoms with van der Waals surface area (Å²) < 4.78 is 0. The summed E-state index contributed by atoms with van der Waals surface area (Å²) >= 11 is 0. The second kappa shape index (κ2) is 4.36. The third-order valence-electron chi connectivity index (χ3n) is 3.81. The maximum Gasteiger partial charge on any atom is 0.244 e. The zero-order valence-corrected chi connectivity index (χ0v) is 10.8. The van der Waals surface area contributed by atoms with E-state index in [4.69, 9.17) is 0 Å². The number of hydrogen-bond acceptors (Lipinski definition) is 2. The molecule has 1 amide bonds. The van der Waals surface area contributed by atoms with E-state index < -0.39 is 0 Å². The molecule has 1 atom stereocenters. The zero-order valence-electron chi connectivity index (χ0n) is 10.8. The molecule has 1 N–H and O–H groups in total. The van der Waals surface area contributed by atoms with Crippen molar-refractivity contribution in [2.24, 2.45) is 5.92 Å². The minimum absolute atomic E-state index is 0.138. The van der Waals surface area contributed by atoms with Crippen LogP contribution in [0.2, 0.25) is 0 Å². The Morgan fingerprint density at radius 3 is 2.62 bits per heavy atom. The molecule has 1 saturated carbocycles. The van der Waals surface area contributed by atoms with Crippen LogP contribution in [0, 0.1) is 5.92 Å². The molecule has 0 aromatic heterocycles. The van der Waals surface area contributed by atoms with Crippen molar-refractivity contribution in [2.75, 3.05) is 6.54 Å². The first kappa shape index (κ1) is 11.9. The van der Waals surface area contributed by atoms with Crippen LogP contribution in [0.1, 0.15) is 52.9 Å². The molecule has 0 aromatic rings. The summed E-state index contributed by atoms with van der Waals surface area (Å²) in [5, 5.41) is 3.54. The summed E-state index contributed by atoms with van der Waals surface area (Å²) in [7, 11) is 0. The Labute approximate surface area is 98.6 Å². The van der Waals surface area contributed by atoms with E-state index >= 15 is 0 Å². The quantitative estimate of drug-likeness (QED) is 0.726. The van der Waals surface area contributed by atoms with Crippen molar-refractivity contribution in [1.29, 1.82) is 0 Å². The summed E-state index contributed by atoms with van der Waals surface area (Å²) in [4.78, 5) is 14.4. The van der Waals surface area contributed by atoms with Gasteiger partial charge >= 0.3 is 0 Å². The van der Waals surface area contributed by atoms with Crippen LogP contribution in [0.5, 0.6) is 0 Å². The van der Waals surface area contributed by atoms with Crippen LogP contribution in [0.3, 0.4) is 0 Å². The largest absolute Gasteiger partial charge is 0.325 e. The van der Waals surface area contributed by atoms with Crippen LogP contribution in [0.15, 0.2) is 0 Å². The Morgan fingerprint density at radius 2 is 2.12 bits per heavy atom. The van der Waals surface area contributed by atoms with E-state index in [0.29, 0.717) is 11.8 Å². The summed E-state index contributed by atoms with van der Waals surface area (Å²) in [5.41, 5.74) is -0.138. The zero-order chi connectivity index (χ0) is 11.8. The number of hydrogen-bond donors (Lipinski definition) is 1. The molecule has 0 bridgehead atoms. The highest BCUT2D eigenvalue weighted by molar-refractivity contribution is 5.91. The van der Waals surface area contributed by atoms with Crippen molar-refractivity contribution in [3.63, 3.8) is 0 Å². The lowest BCUT2D eigenvalue weighted by atomic mass is 10.1. The van der Waals surface area contributed by atoms with Crippen molar-refractivity contribution in [2.45, 2.75) is 64.6 Å². The molecule has 1 spiro atoms. The predicted molar refractivity (Wildman–Crippen MR) is 65.0 cm³/mol. The van der Waals surface area contributed by atoms with Crippen molar-refractivity contribution in [3.8, 4) is 0 Å². The molecule has 2 aliphatic rings. The minimum Gasteiger partial charge on any atom is -0.325 e. The number of amides is 1.